The summed E-state index contributed by atoms with van der Waals surface area (Å²) in [5.74, 6) is 0.307. The molecule has 88 valence electrons. The fourth-order valence-corrected chi connectivity index (χ4v) is 1.32. The van der Waals surface area contributed by atoms with Crippen LogP contribution in [0.4, 0.5) is 4.79 Å². The molecule has 2 aromatic rings. The van der Waals surface area contributed by atoms with E-state index in [-0.39, 0.29) is 0 Å². The van der Waals surface area contributed by atoms with Crippen LogP contribution in [0, 0.1) is 0 Å². The molecule has 0 aliphatic carbocycles. The number of carboxylic acid groups (broad SMARTS) is 2. The molecule has 0 saturated carbocycles. The van der Waals surface area contributed by atoms with Gasteiger partial charge in [-0.25, -0.2) is 4.79 Å². The number of hydrogen-bond acceptors (Lipinski definition) is 2. The third kappa shape index (κ3) is 4.70. The lowest BCUT2D eigenvalue weighted by Gasteiger charge is -2.00. The average Bonchev–Trinajstić information content (AvgIpc) is 2.29. The van der Waals surface area contributed by atoms with E-state index in [0.29, 0.717) is 5.75 Å². The topological polar surface area (TPSA) is 77.8 Å². The molecular formula is C13H12O4. The molecule has 0 aliphatic rings. The van der Waals surface area contributed by atoms with Crippen LogP contribution >= 0.6 is 0 Å². The van der Waals surface area contributed by atoms with Gasteiger partial charge in [0.1, 0.15) is 5.75 Å². The summed E-state index contributed by atoms with van der Waals surface area (Å²) in [5.41, 5.74) is 2.17. The molecule has 0 aromatic heterocycles. The van der Waals surface area contributed by atoms with Crippen molar-refractivity contribution in [3.05, 3.63) is 54.6 Å². The molecule has 0 heterocycles. The third-order valence-electron chi connectivity index (χ3n) is 1.95. The molecule has 0 fully saturated rings. The minimum absolute atomic E-state index is 0.307. The quantitative estimate of drug-likeness (QED) is 0.705. The predicted molar refractivity (Wildman–Crippen MR) is 64.2 cm³/mol. The Morgan fingerprint density at radius 2 is 1.35 bits per heavy atom. The number of phenols is 1. The highest BCUT2D eigenvalue weighted by Gasteiger charge is 1.95. The van der Waals surface area contributed by atoms with Crippen molar-refractivity contribution in [2.24, 2.45) is 0 Å². The van der Waals surface area contributed by atoms with E-state index in [1.54, 1.807) is 12.1 Å². The van der Waals surface area contributed by atoms with E-state index in [9.17, 15) is 5.11 Å². The standard InChI is InChI=1S/C12H10O.CH2O3/c13-12-8-4-7-11(9-12)10-5-2-1-3-6-10;2-1(3)4/h1-9,13H;(H2,2,3,4). The zero-order chi connectivity index (χ0) is 12.7. The lowest BCUT2D eigenvalue weighted by molar-refractivity contribution is 0.137. The van der Waals surface area contributed by atoms with Gasteiger partial charge in [-0.05, 0) is 23.3 Å². The van der Waals surface area contributed by atoms with Crippen LogP contribution in [0.5, 0.6) is 5.75 Å². The van der Waals surface area contributed by atoms with Gasteiger partial charge in [0.25, 0.3) is 0 Å². The molecule has 0 spiro atoms. The molecule has 4 heteroatoms. The summed E-state index contributed by atoms with van der Waals surface area (Å²) >= 11 is 0. The summed E-state index contributed by atoms with van der Waals surface area (Å²) in [4.78, 5) is 8.56. The van der Waals surface area contributed by atoms with E-state index in [4.69, 9.17) is 15.0 Å². The Morgan fingerprint density at radius 3 is 1.88 bits per heavy atom. The van der Waals surface area contributed by atoms with Gasteiger partial charge >= 0.3 is 6.16 Å². The highest BCUT2D eigenvalue weighted by atomic mass is 16.6. The fourth-order valence-electron chi connectivity index (χ4n) is 1.32. The van der Waals surface area contributed by atoms with Crippen molar-refractivity contribution in [3.63, 3.8) is 0 Å². The largest absolute Gasteiger partial charge is 0.508 e. The van der Waals surface area contributed by atoms with Gasteiger partial charge in [0, 0.05) is 0 Å². The third-order valence-corrected chi connectivity index (χ3v) is 1.95. The van der Waals surface area contributed by atoms with Crippen molar-refractivity contribution >= 4 is 6.16 Å². The monoisotopic (exact) mass is 232 g/mol. The first-order chi connectivity index (χ1) is 8.09. The van der Waals surface area contributed by atoms with Crippen LogP contribution in [0.25, 0.3) is 11.1 Å². The normalized spacial score (nSPS) is 8.94. The van der Waals surface area contributed by atoms with Crippen molar-refractivity contribution in [2.75, 3.05) is 0 Å². The first-order valence-corrected chi connectivity index (χ1v) is 4.86. The Kier molecular flexibility index (Phi) is 4.57. The summed E-state index contributed by atoms with van der Waals surface area (Å²) in [5, 5.41) is 23.2. The molecule has 0 unspecified atom stereocenters. The van der Waals surface area contributed by atoms with E-state index in [1.807, 2.05) is 42.5 Å². The van der Waals surface area contributed by atoms with Crippen LogP contribution in [0.3, 0.4) is 0 Å². The maximum atomic E-state index is 9.27. The lowest BCUT2D eigenvalue weighted by Crippen LogP contribution is -1.81. The number of hydrogen-bond donors (Lipinski definition) is 3. The molecule has 0 saturated heterocycles. The van der Waals surface area contributed by atoms with E-state index in [2.05, 4.69) is 0 Å². The van der Waals surface area contributed by atoms with Crippen molar-refractivity contribution in [3.8, 4) is 16.9 Å². The van der Waals surface area contributed by atoms with Gasteiger partial charge in [-0.3, -0.25) is 0 Å². The predicted octanol–water partition coefficient (Wildman–Crippen LogP) is 3.28. The minimum Gasteiger partial charge on any atom is -0.508 e. The van der Waals surface area contributed by atoms with E-state index < -0.39 is 6.16 Å². The highest BCUT2D eigenvalue weighted by Crippen LogP contribution is 2.22. The fraction of sp³-hybridized carbons (Fsp3) is 0. The number of rotatable bonds is 1. The molecule has 0 aliphatic heterocycles. The molecule has 0 radical (unpaired) electrons. The Morgan fingerprint density at radius 1 is 0.824 bits per heavy atom. The van der Waals surface area contributed by atoms with Crippen LogP contribution in [-0.4, -0.2) is 21.5 Å². The molecule has 4 nitrogen and oxygen atoms in total. The zero-order valence-corrected chi connectivity index (χ0v) is 8.95. The second-order valence-electron chi connectivity index (χ2n) is 3.20. The Balaban J connectivity index is 0.000000317. The minimum atomic E-state index is -1.83. The van der Waals surface area contributed by atoms with Gasteiger partial charge in [-0.2, -0.15) is 0 Å². The number of benzene rings is 2. The van der Waals surface area contributed by atoms with Crippen LogP contribution in [-0.2, 0) is 0 Å². The van der Waals surface area contributed by atoms with Crippen LogP contribution in [0.15, 0.2) is 54.6 Å². The van der Waals surface area contributed by atoms with E-state index in [0.717, 1.165) is 11.1 Å². The molecule has 2 aromatic carbocycles. The summed E-state index contributed by atoms with van der Waals surface area (Å²) in [7, 11) is 0. The maximum Gasteiger partial charge on any atom is 0.503 e. The van der Waals surface area contributed by atoms with Crippen molar-refractivity contribution in [2.45, 2.75) is 0 Å². The van der Waals surface area contributed by atoms with Gasteiger partial charge in [0.05, 0.1) is 0 Å². The van der Waals surface area contributed by atoms with Gasteiger partial charge in [-0.1, -0.05) is 42.5 Å². The summed E-state index contributed by atoms with van der Waals surface area (Å²) < 4.78 is 0. The molecule has 0 bridgehead atoms. The molecule has 0 atom stereocenters. The SMILES string of the molecule is O=C(O)O.Oc1cccc(-c2ccccc2)c1. The second kappa shape index (κ2) is 6.17. The smallest absolute Gasteiger partial charge is 0.503 e. The lowest BCUT2D eigenvalue weighted by atomic mass is 10.1. The van der Waals surface area contributed by atoms with Crippen molar-refractivity contribution in [1.82, 2.24) is 0 Å². The summed E-state index contributed by atoms with van der Waals surface area (Å²) in [6.45, 7) is 0. The Hall–Kier alpha value is -2.49. The summed E-state index contributed by atoms with van der Waals surface area (Å²) in [6, 6.07) is 17.3. The first-order valence-electron chi connectivity index (χ1n) is 4.86. The van der Waals surface area contributed by atoms with E-state index in [1.165, 1.54) is 0 Å². The highest BCUT2D eigenvalue weighted by molar-refractivity contribution is 5.64. The molecule has 17 heavy (non-hydrogen) atoms. The molecule has 3 N–H and O–H groups in total. The number of phenolic OH excluding ortho intramolecular Hbond substituents is 1. The van der Waals surface area contributed by atoms with Gasteiger partial charge in [0.2, 0.25) is 0 Å². The van der Waals surface area contributed by atoms with Crippen LogP contribution in [0.1, 0.15) is 0 Å². The zero-order valence-electron chi connectivity index (χ0n) is 8.95. The van der Waals surface area contributed by atoms with Crippen LogP contribution in [0.2, 0.25) is 0 Å². The molecular weight excluding hydrogens is 220 g/mol. The maximum absolute atomic E-state index is 9.27. The van der Waals surface area contributed by atoms with E-state index >= 15 is 0 Å². The first kappa shape index (κ1) is 12.6. The number of carbonyl (C=O) groups is 1. The molecule has 0 amide bonds. The van der Waals surface area contributed by atoms with Gasteiger partial charge in [0.15, 0.2) is 0 Å². The van der Waals surface area contributed by atoms with Gasteiger partial charge < -0.3 is 15.3 Å². The average molecular weight is 232 g/mol. The van der Waals surface area contributed by atoms with Crippen LogP contribution < -0.4 is 0 Å². The second-order valence-corrected chi connectivity index (χ2v) is 3.20. The Labute approximate surface area is 98.4 Å². The van der Waals surface area contributed by atoms with Crippen molar-refractivity contribution < 1.29 is 20.1 Å². The molecule has 2 rings (SSSR count). The van der Waals surface area contributed by atoms with Gasteiger partial charge in [-0.15, -0.1) is 0 Å². The van der Waals surface area contributed by atoms with Crippen molar-refractivity contribution in [1.29, 1.82) is 0 Å². The number of aromatic hydroxyl groups is 1. The summed E-state index contributed by atoms with van der Waals surface area (Å²) in [6.07, 6.45) is -1.83. The Bertz CT molecular complexity index is 476.